The van der Waals surface area contributed by atoms with Gasteiger partial charge in [-0.05, 0) is 18.7 Å². The van der Waals surface area contributed by atoms with E-state index in [1.54, 1.807) is 15.4 Å². The number of likely N-dealkylation sites (N-methyl/N-ethyl adjacent to an activating group) is 1. The third kappa shape index (κ3) is 3.31. The van der Waals surface area contributed by atoms with Crippen LogP contribution in [0.5, 0.6) is 0 Å². The maximum atomic E-state index is 13.2. The SMILES string of the molecule is CCN1CCN(C(=O)C[C@H]2CSc3nc4c(cnn4-c4ccccc4)c(=O)n32)CC1. The van der Waals surface area contributed by atoms with Gasteiger partial charge in [-0.3, -0.25) is 14.2 Å². The number of piperazine rings is 1. The van der Waals surface area contributed by atoms with Gasteiger partial charge >= 0.3 is 0 Å². The molecule has 1 aromatic carbocycles. The second kappa shape index (κ2) is 7.88. The third-order valence-electron chi connectivity index (χ3n) is 5.95. The Morgan fingerprint density at radius 1 is 1.17 bits per heavy atom. The molecule has 30 heavy (non-hydrogen) atoms. The monoisotopic (exact) mass is 424 g/mol. The van der Waals surface area contributed by atoms with E-state index < -0.39 is 0 Å². The molecule has 0 aliphatic carbocycles. The number of fused-ring (bicyclic) bond motifs is 2. The molecule has 1 saturated heterocycles. The summed E-state index contributed by atoms with van der Waals surface area (Å²) in [5.74, 6) is 0.810. The smallest absolute Gasteiger partial charge is 0.265 e. The lowest BCUT2D eigenvalue weighted by Gasteiger charge is -2.34. The molecule has 2 aromatic heterocycles. The molecule has 0 bridgehead atoms. The van der Waals surface area contributed by atoms with E-state index in [9.17, 15) is 9.59 Å². The van der Waals surface area contributed by atoms with Gasteiger partial charge in [-0.2, -0.15) is 5.10 Å². The molecule has 0 spiro atoms. The van der Waals surface area contributed by atoms with Crippen LogP contribution >= 0.6 is 11.8 Å². The van der Waals surface area contributed by atoms with Crippen molar-refractivity contribution in [2.24, 2.45) is 0 Å². The van der Waals surface area contributed by atoms with Crippen LogP contribution in [0.4, 0.5) is 0 Å². The minimum Gasteiger partial charge on any atom is -0.340 e. The van der Waals surface area contributed by atoms with Crippen molar-refractivity contribution in [1.82, 2.24) is 29.1 Å². The lowest BCUT2D eigenvalue weighted by atomic mass is 10.2. The minimum absolute atomic E-state index is 0.115. The van der Waals surface area contributed by atoms with E-state index in [0.717, 1.165) is 38.4 Å². The molecule has 1 atom stereocenters. The van der Waals surface area contributed by atoms with Crippen LogP contribution in [0.2, 0.25) is 0 Å². The molecular formula is C21H24N6O2S. The maximum absolute atomic E-state index is 13.2. The van der Waals surface area contributed by atoms with Crippen molar-refractivity contribution in [3.63, 3.8) is 0 Å². The molecule has 0 radical (unpaired) electrons. The number of thioether (sulfide) groups is 1. The second-order valence-corrected chi connectivity index (χ2v) is 8.67. The molecule has 156 valence electrons. The van der Waals surface area contributed by atoms with Crippen LogP contribution < -0.4 is 5.56 Å². The van der Waals surface area contributed by atoms with Gasteiger partial charge in [-0.15, -0.1) is 0 Å². The minimum atomic E-state index is -0.161. The largest absolute Gasteiger partial charge is 0.340 e. The first-order valence-corrected chi connectivity index (χ1v) is 11.3. The van der Waals surface area contributed by atoms with Crippen molar-refractivity contribution < 1.29 is 4.79 Å². The maximum Gasteiger partial charge on any atom is 0.265 e. The highest BCUT2D eigenvalue weighted by molar-refractivity contribution is 7.99. The Hall–Kier alpha value is -2.65. The predicted molar refractivity (Wildman–Crippen MR) is 116 cm³/mol. The summed E-state index contributed by atoms with van der Waals surface area (Å²) in [4.78, 5) is 35.1. The van der Waals surface area contributed by atoms with Crippen molar-refractivity contribution in [1.29, 1.82) is 0 Å². The molecule has 3 aromatic rings. The number of nitrogens with zero attached hydrogens (tertiary/aromatic N) is 6. The van der Waals surface area contributed by atoms with Gasteiger partial charge in [-0.25, -0.2) is 9.67 Å². The molecule has 1 amide bonds. The quantitative estimate of drug-likeness (QED) is 0.595. The number of para-hydroxylation sites is 1. The first kappa shape index (κ1) is 19.3. The zero-order valence-electron chi connectivity index (χ0n) is 16.9. The summed E-state index contributed by atoms with van der Waals surface area (Å²) in [6.07, 6.45) is 1.92. The van der Waals surface area contributed by atoms with Crippen LogP contribution in [0.25, 0.3) is 16.7 Å². The zero-order valence-corrected chi connectivity index (χ0v) is 17.7. The summed E-state index contributed by atoms with van der Waals surface area (Å²) in [5, 5.41) is 5.54. The Balaban J connectivity index is 1.41. The third-order valence-corrected chi connectivity index (χ3v) is 7.05. The van der Waals surface area contributed by atoms with Gasteiger partial charge in [0.25, 0.3) is 5.56 Å². The Labute approximate surface area is 178 Å². The van der Waals surface area contributed by atoms with Gasteiger partial charge in [0.05, 0.1) is 17.9 Å². The lowest BCUT2D eigenvalue weighted by molar-refractivity contribution is -0.133. The van der Waals surface area contributed by atoms with Crippen molar-refractivity contribution in [3.8, 4) is 5.69 Å². The predicted octanol–water partition coefficient (Wildman–Crippen LogP) is 1.78. The summed E-state index contributed by atoms with van der Waals surface area (Å²) >= 11 is 1.54. The van der Waals surface area contributed by atoms with E-state index in [1.807, 2.05) is 35.2 Å². The van der Waals surface area contributed by atoms with E-state index in [1.165, 1.54) is 11.8 Å². The molecule has 2 aliphatic rings. The van der Waals surface area contributed by atoms with Gasteiger partial charge in [0.2, 0.25) is 5.91 Å². The average molecular weight is 425 g/mol. The zero-order chi connectivity index (χ0) is 20.7. The van der Waals surface area contributed by atoms with E-state index in [-0.39, 0.29) is 17.5 Å². The number of carbonyl (C=O) groups excluding carboxylic acids is 1. The van der Waals surface area contributed by atoms with Crippen molar-refractivity contribution >= 4 is 28.7 Å². The summed E-state index contributed by atoms with van der Waals surface area (Å²) in [5.41, 5.74) is 1.31. The molecule has 8 nitrogen and oxygen atoms in total. The summed E-state index contributed by atoms with van der Waals surface area (Å²) < 4.78 is 3.40. The Morgan fingerprint density at radius 3 is 2.67 bits per heavy atom. The summed E-state index contributed by atoms with van der Waals surface area (Å²) in [6, 6.07) is 9.51. The topological polar surface area (TPSA) is 76.3 Å². The number of hydrogen-bond donors (Lipinski definition) is 0. The molecule has 0 N–H and O–H groups in total. The van der Waals surface area contributed by atoms with Crippen molar-refractivity contribution in [2.75, 3.05) is 38.5 Å². The Kier molecular flexibility index (Phi) is 5.08. The number of carbonyl (C=O) groups is 1. The first-order chi connectivity index (χ1) is 14.7. The summed E-state index contributed by atoms with van der Waals surface area (Å²) in [6.45, 7) is 6.51. The van der Waals surface area contributed by atoms with E-state index in [4.69, 9.17) is 4.98 Å². The van der Waals surface area contributed by atoms with Crippen LogP contribution in [0.15, 0.2) is 46.5 Å². The number of aromatic nitrogens is 4. The highest BCUT2D eigenvalue weighted by atomic mass is 32.2. The molecule has 2 aliphatic heterocycles. The van der Waals surface area contributed by atoms with Crippen LogP contribution in [0, 0.1) is 0 Å². The van der Waals surface area contributed by atoms with Crippen molar-refractivity contribution in [3.05, 3.63) is 46.9 Å². The standard InChI is InChI=1S/C21H24N6O2S/c1-2-24-8-10-25(11-9-24)18(28)12-16-14-30-21-23-19-17(20(29)26(16)21)13-22-27(19)15-6-4-3-5-7-15/h3-7,13,16H,2,8-12,14H2,1H3/t16-/m0/s1. The Morgan fingerprint density at radius 2 is 1.93 bits per heavy atom. The fourth-order valence-electron chi connectivity index (χ4n) is 4.18. The fourth-order valence-corrected chi connectivity index (χ4v) is 5.31. The first-order valence-electron chi connectivity index (χ1n) is 10.3. The van der Waals surface area contributed by atoms with Crippen LogP contribution in [0.1, 0.15) is 19.4 Å². The van der Waals surface area contributed by atoms with Gasteiger partial charge in [0.1, 0.15) is 5.39 Å². The number of hydrogen-bond acceptors (Lipinski definition) is 6. The van der Waals surface area contributed by atoms with E-state index in [2.05, 4.69) is 16.9 Å². The van der Waals surface area contributed by atoms with Crippen molar-refractivity contribution in [2.45, 2.75) is 24.5 Å². The number of amides is 1. The van der Waals surface area contributed by atoms with E-state index in [0.29, 0.717) is 28.4 Å². The molecule has 4 heterocycles. The van der Waals surface area contributed by atoms with Gasteiger partial charge in [0, 0.05) is 38.4 Å². The van der Waals surface area contributed by atoms with Crippen LogP contribution in [-0.4, -0.2) is 73.5 Å². The van der Waals surface area contributed by atoms with Crippen LogP contribution in [-0.2, 0) is 4.79 Å². The molecule has 1 fully saturated rings. The molecule has 5 rings (SSSR count). The average Bonchev–Trinajstić information content (AvgIpc) is 3.39. The molecular weight excluding hydrogens is 400 g/mol. The highest BCUT2D eigenvalue weighted by Gasteiger charge is 2.31. The highest BCUT2D eigenvalue weighted by Crippen LogP contribution is 2.33. The normalized spacial score (nSPS) is 19.4. The molecule has 9 heteroatoms. The van der Waals surface area contributed by atoms with Crippen LogP contribution in [0.3, 0.4) is 0 Å². The molecule has 0 saturated carbocycles. The fraction of sp³-hybridized carbons (Fsp3) is 0.429. The number of benzene rings is 1. The Bertz CT molecular complexity index is 1130. The van der Waals surface area contributed by atoms with Gasteiger partial charge in [-0.1, -0.05) is 36.9 Å². The van der Waals surface area contributed by atoms with E-state index >= 15 is 0 Å². The number of rotatable bonds is 4. The second-order valence-electron chi connectivity index (χ2n) is 7.68. The molecule has 0 unspecified atom stereocenters. The summed E-state index contributed by atoms with van der Waals surface area (Å²) in [7, 11) is 0. The van der Waals surface area contributed by atoms with Gasteiger partial charge < -0.3 is 9.80 Å². The van der Waals surface area contributed by atoms with Gasteiger partial charge in [0.15, 0.2) is 10.8 Å². The lowest BCUT2D eigenvalue weighted by Crippen LogP contribution is -2.49.